The normalized spacial score (nSPS) is 16.9. The SMILES string of the molecule is NC(CCCCC1=CC1)C(=O)O. The smallest absolute Gasteiger partial charge is 0.320 e. The molecule has 1 unspecified atom stereocenters. The van der Waals surface area contributed by atoms with Crippen LogP contribution in [0.5, 0.6) is 0 Å². The third-order valence-corrected chi connectivity index (χ3v) is 2.07. The van der Waals surface area contributed by atoms with Gasteiger partial charge < -0.3 is 10.8 Å². The molecule has 0 saturated carbocycles. The molecule has 1 aliphatic rings. The van der Waals surface area contributed by atoms with Gasteiger partial charge in [-0.1, -0.05) is 18.1 Å². The maximum absolute atomic E-state index is 10.3. The maximum Gasteiger partial charge on any atom is 0.320 e. The first-order valence-electron chi connectivity index (χ1n) is 4.36. The van der Waals surface area contributed by atoms with E-state index in [0.717, 1.165) is 19.3 Å². The summed E-state index contributed by atoms with van der Waals surface area (Å²) in [5, 5.41) is 8.47. The van der Waals surface area contributed by atoms with Crippen molar-refractivity contribution in [3.63, 3.8) is 0 Å². The second-order valence-electron chi connectivity index (χ2n) is 3.26. The number of unbranched alkanes of at least 4 members (excludes halogenated alkanes) is 1. The fourth-order valence-corrected chi connectivity index (χ4v) is 1.12. The van der Waals surface area contributed by atoms with Gasteiger partial charge in [-0.05, 0) is 25.7 Å². The van der Waals surface area contributed by atoms with Gasteiger partial charge in [-0.25, -0.2) is 0 Å². The van der Waals surface area contributed by atoms with Crippen LogP contribution in [-0.2, 0) is 4.79 Å². The first-order valence-corrected chi connectivity index (χ1v) is 4.36. The number of carboxylic acids is 1. The topological polar surface area (TPSA) is 63.3 Å². The molecule has 3 N–H and O–H groups in total. The summed E-state index contributed by atoms with van der Waals surface area (Å²) >= 11 is 0. The molecule has 0 aromatic rings. The highest BCUT2D eigenvalue weighted by molar-refractivity contribution is 5.72. The molecule has 0 saturated heterocycles. The summed E-state index contributed by atoms with van der Waals surface area (Å²) in [5.41, 5.74) is 6.85. The molecule has 68 valence electrons. The lowest BCUT2D eigenvalue weighted by Crippen LogP contribution is -2.29. The molecule has 0 bridgehead atoms. The van der Waals surface area contributed by atoms with Crippen LogP contribution in [0.15, 0.2) is 11.6 Å². The minimum atomic E-state index is -0.888. The van der Waals surface area contributed by atoms with Crippen LogP contribution in [0, 0.1) is 0 Å². The van der Waals surface area contributed by atoms with Crippen molar-refractivity contribution in [2.24, 2.45) is 5.73 Å². The molecule has 0 amide bonds. The molecule has 3 heteroatoms. The average Bonchev–Trinajstić information content (AvgIpc) is 2.80. The van der Waals surface area contributed by atoms with E-state index in [-0.39, 0.29) is 0 Å². The predicted octanol–water partition coefficient (Wildman–Crippen LogP) is 1.29. The lowest BCUT2D eigenvalue weighted by molar-refractivity contribution is -0.138. The van der Waals surface area contributed by atoms with Gasteiger partial charge in [-0.15, -0.1) is 0 Å². The van der Waals surface area contributed by atoms with Gasteiger partial charge in [0.2, 0.25) is 0 Å². The number of aliphatic carboxylic acids is 1. The summed E-state index contributed by atoms with van der Waals surface area (Å²) in [7, 11) is 0. The van der Waals surface area contributed by atoms with Crippen LogP contribution in [0.2, 0.25) is 0 Å². The fraction of sp³-hybridized carbons (Fsp3) is 0.667. The summed E-state index contributed by atoms with van der Waals surface area (Å²) in [5.74, 6) is -0.888. The van der Waals surface area contributed by atoms with Gasteiger partial charge >= 0.3 is 5.97 Å². The third kappa shape index (κ3) is 3.53. The molecule has 0 radical (unpaired) electrons. The minimum absolute atomic E-state index is 0.600. The Hall–Kier alpha value is -0.830. The molecular weight excluding hydrogens is 154 g/mol. The molecule has 0 aromatic carbocycles. The van der Waals surface area contributed by atoms with E-state index in [2.05, 4.69) is 6.08 Å². The van der Waals surface area contributed by atoms with E-state index in [9.17, 15) is 4.79 Å². The minimum Gasteiger partial charge on any atom is -0.480 e. The second-order valence-corrected chi connectivity index (χ2v) is 3.26. The Labute approximate surface area is 72.3 Å². The predicted molar refractivity (Wildman–Crippen MR) is 46.8 cm³/mol. The molecule has 0 fully saturated rings. The van der Waals surface area contributed by atoms with Crippen molar-refractivity contribution in [1.82, 2.24) is 0 Å². The average molecular weight is 169 g/mol. The molecule has 0 heterocycles. The molecule has 12 heavy (non-hydrogen) atoms. The lowest BCUT2D eigenvalue weighted by Gasteiger charge is -2.04. The van der Waals surface area contributed by atoms with E-state index in [1.165, 1.54) is 12.0 Å². The molecule has 1 aliphatic carbocycles. The number of carboxylic acid groups (broad SMARTS) is 1. The molecule has 0 aliphatic heterocycles. The van der Waals surface area contributed by atoms with Crippen molar-refractivity contribution in [3.8, 4) is 0 Å². The zero-order valence-corrected chi connectivity index (χ0v) is 7.12. The van der Waals surface area contributed by atoms with Gasteiger partial charge in [-0.2, -0.15) is 0 Å². The van der Waals surface area contributed by atoms with Crippen molar-refractivity contribution >= 4 is 5.97 Å². The van der Waals surface area contributed by atoms with Crippen molar-refractivity contribution in [1.29, 1.82) is 0 Å². The second kappa shape index (κ2) is 4.26. The van der Waals surface area contributed by atoms with Gasteiger partial charge in [0.15, 0.2) is 0 Å². The number of hydrogen-bond acceptors (Lipinski definition) is 2. The highest BCUT2D eigenvalue weighted by atomic mass is 16.4. The summed E-state index contributed by atoms with van der Waals surface area (Å²) in [4.78, 5) is 10.3. The number of rotatable bonds is 6. The largest absolute Gasteiger partial charge is 0.480 e. The molecule has 3 nitrogen and oxygen atoms in total. The molecule has 0 aromatic heterocycles. The molecule has 1 rings (SSSR count). The standard InChI is InChI=1S/C9H15NO2/c10-8(9(11)12)4-2-1-3-7-5-6-7/h5,8H,1-4,6,10H2,(H,11,12). The van der Waals surface area contributed by atoms with E-state index in [1.807, 2.05) is 0 Å². The van der Waals surface area contributed by atoms with E-state index >= 15 is 0 Å². The summed E-state index contributed by atoms with van der Waals surface area (Å²) < 4.78 is 0. The van der Waals surface area contributed by atoms with Crippen molar-refractivity contribution < 1.29 is 9.90 Å². The van der Waals surface area contributed by atoms with Gasteiger partial charge in [0.05, 0.1) is 0 Å². The van der Waals surface area contributed by atoms with E-state index in [0.29, 0.717) is 6.42 Å². The Bertz CT molecular complexity index is 199. The monoisotopic (exact) mass is 169 g/mol. The van der Waals surface area contributed by atoms with Crippen LogP contribution < -0.4 is 5.73 Å². The van der Waals surface area contributed by atoms with Crippen LogP contribution >= 0.6 is 0 Å². The van der Waals surface area contributed by atoms with E-state index < -0.39 is 12.0 Å². The lowest BCUT2D eigenvalue weighted by atomic mass is 10.1. The Morgan fingerprint density at radius 2 is 2.33 bits per heavy atom. The van der Waals surface area contributed by atoms with Gasteiger partial charge in [0, 0.05) is 0 Å². The van der Waals surface area contributed by atoms with Crippen LogP contribution in [0.3, 0.4) is 0 Å². The van der Waals surface area contributed by atoms with Gasteiger partial charge in [0.25, 0.3) is 0 Å². The Balaban J connectivity index is 1.93. The number of carbonyl (C=O) groups is 1. The molecular formula is C9H15NO2. The zero-order valence-electron chi connectivity index (χ0n) is 7.12. The van der Waals surface area contributed by atoms with Crippen LogP contribution in [0.4, 0.5) is 0 Å². The van der Waals surface area contributed by atoms with Crippen LogP contribution in [-0.4, -0.2) is 17.1 Å². The zero-order chi connectivity index (χ0) is 8.97. The van der Waals surface area contributed by atoms with E-state index in [1.54, 1.807) is 0 Å². The van der Waals surface area contributed by atoms with Crippen molar-refractivity contribution in [2.75, 3.05) is 0 Å². The van der Waals surface area contributed by atoms with Crippen LogP contribution in [0.25, 0.3) is 0 Å². The van der Waals surface area contributed by atoms with Gasteiger partial charge in [-0.3, -0.25) is 4.79 Å². The molecule has 1 atom stereocenters. The number of hydrogen-bond donors (Lipinski definition) is 2. The summed E-state index contributed by atoms with van der Waals surface area (Å²) in [6, 6.07) is -0.668. The first-order chi connectivity index (χ1) is 5.70. The fourth-order valence-electron chi connectivity index (χ4n) is 1.12. The molecule has 0 spiro atoms. The maximum atomic E-state index is 10.3. The summed E-state index contributed by atoms with van der Waals surface area (Å²) in [6.07, 6.45) is 7.11. The third-order valence-electron chi connectivity index (χ3n) is 2.07. The van der Waals surface area contributed by atoms with Gasteiger partial charge in [0.1, 0.15) is 6.04 Å². The van der Waals surface area contributed by atoms with Crippen molar-refractivity contribution in [2.45, 2.75) is 38.1 Å². The van der Waals surface area contributed by atoms with E-state index in [4.69, 9.17) is 10.8 Å². The van der Waals surface area contributed by atoms with Crippen molar-refractivity contribution in [3.05, 3.63) is 11.6 Å². The Morgan fingerprint density at radius 1 is 1.67 bits per heavy atom. The number of nitrogens with two attached hydrogens (primary N) is 1. The Kier molecular flexibility index (Phi) is 3.29. The number of allylic oxidation sites excluding steroid dienone is 2. The Morgan fingerprint density at radius 3 is 2.83 bits per heavy atom. The van der Waals surface area contributed by atoms with Crippen LogP contribution in [0.1, 0.15) is 32.1 Å². The first kappa shape index (κ1) is 9.26. The summed E-state index contributed by atoms with van der Waals surface area (Å²) in [6.45, 7) is 0. The highest BCUT2D eigenvalue weighted by Crippen LogP contribution is 2.24. The highest BCUT2D eigenvalue weighted by Gasteiger charge is 2.11. The quantitative estimate of drug-likeness (QED) is 0.465.